The van der Waals surface area contributed by atoms with Crippen molar-refractivity contribution in [2.45, 2.75) is 6.42 Å². The highest BCUT2D eigenvalue weighted by molar-refractivity contribution is 7.99. The van der Waals surface area contributed by atoms with E-state index in [9.17, 15) is 9.18 Å². The highest BCUT2D eigenvalue weighted by atomic mass is 32.2. The summed E-state index contributed by atoms with van der Waals surface area (Å²) >= 11 is 1.65. The fourth-order valence-electron chi connectivity index (χ4n) is 1.25. The van der Waals surface area contributed by atoms with E-state index in [1.807, 2.05) is 0 Å². The van der Waals surface area contributed by atoms with Crippen LogP contribution in [0, 0.1) is 5.82 Å². The van der Waals surface area contributed by atoms with Gasteiger partial charge in [0.25, 0.3) is 0 Å². The lowest BCUT2D eigenvalue weighted by molar-refractivity contribution is -0.115. The molecule has 0 aliphatic carbocycles. The van der Waals surface area contributed by atoms with Crippen LogP contribution in [0.15, 0.2) is 18.2 Å². The maximum Gasteiger partial charge on any atom is 0.225 e. The van der Waals surface area contributed by atoms with Crippen LogP contribution in [-0.4, -0.2) is 31.1 Å². The van der Waals surface area contributed by atoms with E-state index in [1.165, 1.54) is 18.2 Å². The molecule has 0 bridgehead atoms. The number of carbonyl (C=O) groups excluding carboxylic acids is 1. The number of amides is 1. The highest BCUT2D eigenvalue weighted by Gasteiger charge is 2.04. The molecule has 0 saturated carbocycles. The van der Waals surface area contributed by atoms with Crippen molar-refractivity contribution in [3.8, 4) is 0 Å². The molecule has 1 rings (SSSR count). The van der Waals surface area contributed by atoms with Gasteiger partial charge in [0.15, 0.2) is 0 Å². The predicted molar refractivity (Wildman–Crippen MR) is 73.3 cm³/mol. The molecule has 18 heavy (non-hydrogen) atoms. The quantitative estimate of drug-likeness (QED) is 0.589. The molecule has 0 aliphatic heterocycles. The molecular weight excluding hydrogens is 255 g/mol. The maximum absolute atomic E-state index is 12.9. The molecule has 100 valence electrons. The first kappa shape index (κ1) is 14.8. The van der Waals surface area contributed by atoms with Gasteiger partial charge < -0.3 is 15.8 Å². The molecule has 0 unspecified atom stereocenters. The van der Waals surface area contributed by atoms with Crippen LogP contribution in [0.4, 0.5) is 15.8 Å². The van der Waals surface area contributed by atoms with Crippen molar-refractivity contribution in [2.75, 3.05) is 36.3 Å². The zero-order valence-electron chi connectivity index (χ0n) is 10.2. The van der Waals surface area contributed by atoms with E-state index in [-0.39, 0.29) is 11.6 Å². The summed E-state index contributed by atoms with van der Waals surface area (Å²) in [6.07, 6.45) is 0.408. The largest absolute Gasteiger partial charge is 0.396 e. The summed E-state index contributed by atoms with van der Waals surface area (Å²) in [5, 5.41) is 2.67. The molecule has 1 amide bonds. The van der Waals surface area contributed by atoms with E-state index in [2.05, 4.69) is 5.32 Å². The SMILES string of the molecule is COCCSCCC(=O)Nc1ccc(F)c(N)c1. The molecule has 0 spiro atoms. The van der Waals surface area contributed by atoms with E-state index in [4.69, 9.17) is 10.5 Å². The summed E-state index contributed by atoms with van der Waals surface area (Å²) in [6.45, 7) is 0.681. The molecule has 4 nitrogen and oxygen atoms in total. The van der Waals surface area contributed by atoms with Crippen molar-refractivity contribution < 1.29 is 13.9 Å². The summed E-state index contributed by atoms with van der Waals surface area (Å²) in [4.78, 5) is 11.6. The number of nitrogens with two attached hydrogens (primary N) is 1. The molecule has 0 fully saturated rings. The van der Waals surface area contributed by atoms with Gasteiger partial charge in [-0.25, -0.2) is 4.39 Å². The Labute approximate surface area is 110 Å². The van der Waals surface area contributed by atoms with Gasteiger partial charge in [-0.05, 0) is 18.2 Å². The lowest BCUT2D eigenvalue weighted by atomic mass is 10.2. The molecule has 1 aromatic rings. The standard InChI is InChI=1S/C12H17FN2O2S/c1-17-5-7-18-6-4-12(16)15-9-2-3-10(13)11(14)8-9/h2-3,8H,4-7,14H2,1H3,(H,15,16). The van der Waals surface area contributed by atoms with Crippen molar-refractivity contribution in [2.24, 2.45) is 0 Å². The Morgan fingerprint density at radius 1 is 1.50 bits per heavy atom. The molecule has 0 aromatic heterocycles. The minimum absolute atomic E-state index is 0.0299. The van der Waals surface area contributed by atoms with Crippen molar-refractivity contribution in [3.05, 3.63) is 24.0 Å². The number of thioether (sulfide) groups is 1. The van der Waals surface area contributed by atoms with Gasteiger partial charge in [0.2, 0.25) is 5.91 Å². The molecule has 0 radical (unpaired) electrons. The van der Waals surface area contributed by atoms with Crippen LogP contribution in [0.1, 0.15) is 6.42 Å². The Balaban J connectivity index is 2.29. The van der Waals surface area contributed by atoms with Crippen LogP contribution >= 0.6 is 11.8 Å². The zero-order chi connectivity index (χ0) is 13.4. The van der Waals surface area contributed by atoms with Gasteiger partial charge >= 0.3 is 0 Å². The van der Waals surface area contributed by atoms with E-state index in [0.717, 1.165) is 11.5 Å². The number of hydrogen-bond donors (Lipinski definition) is 2. The number of methoxy groups -OCH3 is 1. The molecule has 3 N–H and O–H groups in total. The Hall–Kier alpha value is -1.27. The smallest absolute Gasteiger partial charge is 0.225 e. The lowest BCUT2D eigenvalue weighted by Gasteiger charge is -2.06. The Morgan fingerprint density at radius 3 is 2.94 bits per heavy atom. The fraction of sp³-hybridized carbons (Fsp3) is 0.417. The van der Waals surface area contributed by atoms with Gasteiger partial charge in [-0.2, -0.15) is 11.8 Å². The average molecular weight is 272 g/mol. The minimum Gasteiger partial charge on any atom is -0.396 e. The summed E-state index contributed by atoms with van der Waals surface area (Å²) < 4.78 is 17.8. The number of nitrogens with one attached hydrogen (secondary N) is 1. The van der Waals surface area contributed by atoms with E-state index < -0.39 is 5.82 Å². The van der Waals surface area contributed by atoms with Crippen molar-refractivity contribution >= 4 is 29.0 Å². The summed E-state index contributed by atoms with van der Waals surface area (Å²) in [6, 6.07) is 4.13. The van der Waals surface area contributed by atoms with Crippen LogP contribution in [-0.2, 0) is 9.53 Å². The van der Waals surface area contributed by atoms with Crippen molar-refractivity contribution in [1.29, 1.82) is 0 Å². The van der Waals surface area contributed by atoms with Gasteiger partial charge in [-0.3, -0.25) is 4.79 Å². The van der Waals surface area contributed by atoms with E-state index in [0.29, 0.717) is 18.7 Å². The Kier molecular flexibility index (Phi) is 6.53. The molecular formula is C12H17FN2O2S. The van der Waals surface area contributed by atoms with Gasteiger partial charge in [-0.1, -0.05) is 0 Å². The molecule has 0 atom stereocenters. The van der Waals surface area contributed by atoms with Gasteiger partial charge in [0, 0.05) is 30.7 Å². The van der Waals surface area contributed by atoms with E-state index >= 15 is 0 Å². The third-order valence-corrected chi connectivity index (χ3v) is 3.13. The van der Waals surface area contributed by atoms with Gasteiger partial charge in [0.05, 0.1) is 12.3 Å². The van der Waals surface area contributed by atoms with Crippen molar-refractivity contribution in [1.82, 2.24) is 0 Å². The summed E-state index contributed by atoms with van der Waals surface area (Å²) in [5.74, 6) is 1.01. The van der Waals surface area contributed by atoms with Gasteiger partial charge in [0.1, 0.15) is 5.82 Å². The number of anilines is 2. The van der Waals surface area contributed by atoms with Crippen LogP contribution in [0.2, 0.25) is 0 Å². The first-order chi connectivity index (χ1) is 8.63. The number of nitrogen functional groups attached to an aromatic ring is 1. The predicted octanol–water partition coefficient (Wildman–Crippen LogP) is 2.12. The number of hydrogen-bond acceptors (Lipinski definition) is 4. The van der Waals surface area contributed by atoms with Crippen LogP contribution in [0.5, 0.6) is 0 Å². The molecule has 1 aromatic carbocycles. The monoisotopic (exact) mass is 272 g/mol. The normalized spacial score (nSPS) is 10.3. The molecule has 0 heterocycles. The zero-order valence-corrected chi connectivity index (χ0v) is 11.1. The second-order valence-electron chi connectivity index (χ2n) is 3.64. The number of benzene rings is 1. The molecule has 6 heteroatoms. The van der Waals surface area contributed by atoms with Crippen molar-refractivity contribution in [3.63, 3.8) is 0 Å². The third-order valence-electron chi connectivity index (χ3n) is 2.19. The fourth-order valence-corrected chi connectivity index (χ4v) is 2.07. The number of rotatable bonds is 7. The topological polar surface area (TPSA) is 64.3 Å². The Bertz CT molecular complexity index is 402. The Morgan fingerprint density at radius 2 is 2.28 bits per heavy atom. The highest BCUT2D eigenvalue weighted by Crippen LogP contribution is 2.16. The van der Waals surface area contributed by atoms with Crippen LogP contribution in [0.3, 0.4) is 0 Å². The summed E-state index contributed by atoms with van der Waals surface area (Å²) in [5.41, 5.74) is 5.95. The second kappa shape index (κ2) is 7.94. The third kappa shape index (κ3) is 5.37. The minimum atomic E-state index is -0.483. The van der Waals surface area contributed by atoms with Crippen LogP contribution in [0.25, 0.3) is 0 Å². The average Bonchev–Trinajstić information content (AvgIpc) is 2.34. The maximum atomic E-state index is 12.9. The number of halogens is 1. The first-order valence-electron chi connectivity index (χ1n) is 5.55. The van der Waals surface area contributed by atoms with Crippen LogP contribution < -0.4 is 11.1 Å². The number of carbonyl (C=O) groups is 1. The van der Waals surface area contributed by atoms with Gasteiger partial charge in [-0.15, -0.1) is 0 Å². The second-order valence-corrected chi connectivity index (χ2v) is 4.86. The molecule has 0 saturated heterocycles. The summed E-state index contributed by atoms with van der Waals surface area (Å²) in [7, 11) is 1.65. The molecule has 0 aliphatic rings. The lowest BCUT2D eigenvalue weighted by Crippen LogP contribution is -2.12. The van der Waals surface area contributed by atoms with E-state index in [1.54, 1.807) is 18.9 Å². The first-order valence-corrected chi connectivity index (χ1v) is 6.70. The number of ether oxygens (including phenoxy) is 1.